The highest BCUT2D eigenvalue weighted by Crippen LogP contribution is 2.40. The zero-order valence-corrected chi connectivity index (χ0v) is 29.3. The molecular weight excluding hydrogens is 643 g/mol. The summed E-state index contributed by atoms with van der Waals surface area (Å²) in [5.74, 6) is 0.923. The van der Waals surface area contributed by atoms with Crippen molar-refractivity contribution in [3.63, 3.8) is 0 Å². The lowest BCUT2D eigenvalue weighted by molar-refractivity contribution is 0.629. The summed E-state index contributed by atoms with van der Waals surface area (Å²) < 4.78 is 6.33. The Morgan fingerprint density at radius 1 is 0.340 bits per heavy atom. The van der Waals surface area contributed by atoms with Crippen LogP contribution >= 0.6 is 0 Å². The van der Waals surface area contributed by atoms with Crippen LogP contribution < -0.4 is 4.90 Å². The molecule has 0 atom stereocenters. The van der Waals surface area contributed by atoms with E-state index in [-0.39, 0.29) is 0 Å². The fourth-order valence-corrected chi connectivity index (χ4v) is 7.85. The van der Waals surface area contributed by atoms with Gasteiger partial charge in [0.25, 0.3) is 0 Å². The van der Waals surface area contributed by atoms with Crippen molar-refractivity contribution in [1.29, 1.82) is 0 Å². The third-order valence-electron chi connectivity index (χ3n) is 10.6. The highest BCUT2D eigenvalue weighted by atomic mass is 16.3. The van der Waals surface area contributed by atoms with Crippen LogP contribution in [-0.2, 0) is 0 Å². The van der Waals surface area contributed by atoms with Crippen LogP contribution in [0.1, 0.15) is 5.56 Å². The number of nitrogens with zero attached hydrogens (tertiary/aromatic N) is 1. The maximum absolute atomic E-state index is 6.33. The summed E-state index contributed by atoms with van der Waals surface area (Å²) in [6.45, 7) is 2.14. The largest absolute Gasteiger partial charge is 0.456 e. The Balaban J connectivity index is 1.04. The predicted octanol–water partition coefficient (Wildman–Crippen LogP) is 14.7. The molecule has 1 aromatic heterocycles. The van der Waals surface area contributed by atoms with Gasteiger partial charge in [-0.25, -0.2) is 0 Å². The number of anilines is 3. The normalized spacial score (nSPS) is 11.5. The quantitative estimate of drug-likeness (QED) is 0.163. The minimum absolute atomic E-state index is 0.919. The maximum atomic E-state index is 6.33. The number of hydrogen-bond donors (Lipinski definition) is 0. The molecule has 2 nitrogen and oxygen atoms in total. The van der Waals surface area contributed by atoms with Gasteiger partial charge in [0.1, 0.15) is 11.3 Å². The summed E-state index contributed by atoms with van der Waals surface area (Å²) in [6.07, 6.45) is 0. The summed E-state index contributed by atoms with van der Waals surface area (Å²) >= 11 is 0. The van der Waals surface area contributed by atoms with Crippen LogP contribution in [0.3, 0.4) is 0 Å². The van der Waals surface area contributed by atoms with Crippen molar-refractivity contribution in [2.24, 2.45) is 0 Å². The Bertz CT molecular complexity index is 2950. The van der Waals surface area contributed by atoms with Gasteiger partial charge in [-0.2, -0.15) is 0 Å². The van der Waals surface area contributed by atoms with Gasteiger partial charge in [0.15, 0.2) is 0 Å². The maximum Gasteiger partial charge on any atom is 0.138 e. The topological polar surface area (TPSA) is 16.4 Å². The molecule has 0 spiro atoms. The molecule has 0 radical (unpaired) electrons. The molecule has 10 rings (SSSR count). The first-order valence-corrected chi connectivity index (χ1v) is 18.2. The molecule has 10 aromatic rings. The van der Waals surface area contributed by atoms with Crippen molar-refractivity contribution in [3.05, 3.63) is 200 Å². The van der Waals surface area contributed by atoms with Gasteiger partial charge in [0, 0.05) is 33.6 Å². The minimum atomic E-state index is 0.919. The molecule has 0 saturated heterocycles. The number of aryl methyl sites for hydroxylation is 1. The molecule has 0 N–H and O–H groups in total. The summed E-state index contributed by atoms with van der Waals surface area (Å²) in [7, 11) is 0. The van der Waals surface area contributed by atoms with E-state index in [4.69, 9.17) is 4.42 Å². The summed E-state index contributed by atoms with van der Waals surface area (Å²) in [6, 6.07) is 69.9. The van der Waals surface area contributed by atoms with E-state index in [2.05, 4.69) is 194 Å². The van der Waals surface area contributed by atoms with Crippen LogP contribution in [-0.4, -0.2) is 0 Å². The van der Waals surface area contributed by atoms with E-state index >= 15 is 0 Å². The molecule has 0 aliphatic heterocycles. The average molecular weight is 678 g/mol. The summed E-state index contributed by atoms with van der Waals surface area (Å²) in [5.41, 5.74) is 11.2. The Labute approximate surface area is 308 Å². The number of fused-ring (bicyclic) bond motifs is 5. The van der Waals surface area contributed by atoms with Gasteiger partial charge in [0.05, 0.1) is 0 Å². The third kappa shape index (κ3) is 5.53. The van der Waals surface area contributed by atoms with Gasteiger partial charge in [-0.05, 0) is 116 Å². The van der Waals surface area contributed by atoms with E-state index in [1.54, 1.807) is 0 Å². The second kappa shape index (κ2) is 12.7. The molecule has 0 aliphatic rings. The molecule has 1 heterocycles. The van der Waals surface area contributed by atoms with Crippen LogP contribution in [0.25, 0.3) is 76.9 Å². The zero-order valence-electron chi connectivity index (χ0n) is 29.3. The summed E-state index contributed by atoms with van der Waals surface area (Å²) in [4.78, 5) is 2.36. The molecule has 9 aromatic carbocycles. The number of rotatable bonds is 6. The second-order valence-corrected chi connectivity index (χ2v) is 13.8. The van der Waals surface area contributed by atoms with Crippen LogP contribution in [0.5, 0.6) is 0 Å². The minimum Gasteiger partial charge on any atom is -0.456 e. The van der Waals surface area contributed by atoms with E-state index in [0.717, 1.165) is 50.5 Å². The van der Waals surface area contributed by atoms with Crippen molar-refractivity contribution in [1.82, 2.24) is 0 Å². The van der Waals surface area contributed by atoms with Crippen molar-refractivity contribution < 1.29 is 4.42 Å². The van der Waals surface area contributed by atoms with E-state index in [9.17, 15) is 0 Å². The van der Waals surface area contributed by atoms with Crippen LogP contribution in [0.4, 0.5) is 17.1 Å². The number of furan rings is 1. The number of hydrogen-bond acceptors (Lipinski definition) is 2. The molecule has 2 heteroatoms. The monoisotopic (exact) mass is 677 g/mol. The molecule has 0 bridgehead atoms. The van der Waals surface area contributed by atoms with Crippen molar-refractivity contribution in [3.8, 4) is 33.6 Å². The van der Waals surface area contributed by atoms with E-state index < -0.39 is 0 Å². The van der Waals surface area contributed by atoms with Crippen molar-refractivity contribution in [2.75, 3.05) is 4.90 Å². The van der Waals surface area contributed by atoms with Crippen LogP contribution in [0.15, 0.2) is 199 Å². The lowest BCUT2D eigenvalue weighted by atomic mass is 9.99. The Morgan fingerprint density at radius 2 is 0.887 bits per heavy atom. The van der Waals surface area contributed by atoms with E-state index in [1.165, 1.54) is 49.0 Å². The lowest BCUT2D eigenvalue weighted by Crippen LogP contribution is -2.09. The van der Waals surface area contributed by atoms with Gasteiger partial charge in [-0.1, -0.05) is 140 Å². The zero-order chi connectivity index (χ0) is 35.3. The predicted molar refractivity (Wildman–Crippen MR) is 224 cm³/mol. The Morgan fingerprint density at radius 3 is 1.64 bits per heavy atom. The molecule has 0 fully saturated rings. The first-order valence-electron chi connectivity index (χ1n) is 18.2. The smallest absolute Gasteiger partial charge is 0.138 e. The summed E-state index contributed by atoms with van der Waals surface area (Å²) in [5, 5.41) is 8.66. The van der Waals surface area contributed by atoms with Gasteiger partial charge < -0.3 is 9.32 Å². The first-order chi connectivity index (χ1) is 26.2. The number of para-hydroxylation sites is 1. The van der Waals surface area contributed by atoms with Gasteiger partial charge >= 0.3 is 0 Å². The molecule has 53 heavy (non-hydrogen) atoms. The van der Waals surface area contributed by atoms with Crippen LogP contribution in [0, 0.1) is 6.92 Å². The molecule has 0 aliphatic carbocycles. The van der Waals surface area contributed by atoms with Crippen LogP contribution in [0.2, 0.25) is 0 Å². The second-order valence-electron chi connectivity index (χ2n) is 13.8. The number of benzene rings is 9. The highest BCUT2D eigenvalue weighted by molar-refractivity contribution is 6.08. The van der Waals surface area contributed by atoms with E-state index in [1.807, 2.05) is 12.1 Å². The lowest BCUT2D eigenvalue weighted by Gasteiger charge is -2.26. The SMILES string of the molecule is Cc1c(-c2cccc(-c3ccc(N(c4ccc(-c5ccc6ccccc6c5)cc4)c4ccc5c(ccc6ccccc65)c4)cc3)c2)oc2ccccc12. The molecular formula is C51H35NO. The Kier molecular flexibility index (Phi) is 7.40. The van der Waals surface area contributed by atoms with E-state index in [0.29, 0.717) is 0 Å². The van der Waals surface area contributed by atoms with Gasteiger partial charge in [0.2, 0.25) is 0 Å². The first kappa shape index (κ1) is 30.9. The fourth-order valence-electron chi connectivity index (χ4n) is 7.85. The van der Waals surface area contributed by atoms with Crippen molar-refractivity contribution in [2.45, 2.75) is 6.92 Å². The van der Waals surface area contributed by atoms with Gasteiger partial charge in [-0.15, -0.1) is 0 Å². The highest BCUT2D eigenvalue weighted by Gasteiger charge is 2.16. The molecule has 0 amide bonds. The standard InChI is InChI=1S/C51H35NO/c1-34-47-14-6-7-16-50(47)53-51(34)43-13-8-12-40(32-43)36-21-25-44(26-22-36)52(46-29-30-49-42(33-46)20-18-38-10-4-5-15-48(38)49)45-27-23-37(24-28-45)41-19-17-35-9-2-3-11-39(35)31-41/h2-33H,1H3. The van der Waals surface area contributed by atoms with Crippen molar-refractivity contribution >= 4 is 60.3 Å². The molecule has 250 valence electrons. The van der Waals surface area contributed by atoms with Gasteiger partial charge in [-0.3, -0.25) is 0 Å². The Hall–Kier alpha value is -6.90. The molecule has 0 unspecified atom stereocenters. The molecule has 0 saturated carbocycles. The third-order valence-corrected chi connectivity index (χ3v) is 10.6. The average Bonchev–Trinajstić information content (AvgIpc) is 3.57. The fraction of sp³-hybridized carbons (Fsp3) is 0.0196.